The molecule has 1 aliphatic rings. The minimum absolute atomic E-state index is 0.207. The summed E-state index contributed by atoms with van der Waals surface area (Å²) in [7, 11) is 3.11. The quantitative estimate of drug-likeness (QED) is 0.454. The van der Waals surface area contributed by atoms with Gasteiger partial charge in [0.05, 0.1) is 36.6 Å². The van der Waals surface area contributed by atoms with Gasteiger partial charge in [0, 0.05) is 11.6 Å². The average molecular weight is 507 g/mol. The van der Waals surface area contributed by atoms with E-state index >= 15 is 0 Å². The Labute approximate surface area is 214 Å². The fourth-order valence-electron chi connectivity index (χ4n) is 4.26. The molecule has 1 aromatic heterocycles. The lowest BCUT2D eigenvalue weighted by Crippen LogP contribution is -2.40. The Bertz CT molecular complexity index is 1500. The highest BCUT2D eigenvalue weighted by molar-refractivity contribution is 7.07. The molecule has 0 saturated heterocycles. The topological polar surface area (TPSA) is 79.1 Å². The Morgan fingerprint density at radius 1 is 1.14 bits per heavy atom. The standard InChI is InChI=1S/C28H30N2O5S/c1-7-35-27(32)24-17(4)29-28-30(25(24)21-13-12-20(33-5)15-22(21)34-6)26(31)23(36-28)14-18-8-10-19(11-9-18)16(2)3/h8-16,25H,7H2,1-6H3/b23-14-/t25-/m1/s1. The van der Waals surface area contributed by atoms with Gasteiger partial charge in [-0.05, 0) is 49.1 Å². The molecule has 0 radical (unpaired) electrons. The highest BCUT2D eigenvalue weighted by atomic mass is 32.1. The Morgan fingerprint density at radius 3 is 2.47 bits per heavy atom. The molecule has 0 spiro atoms. The number of methoxy groups -OCH3 is 2. The molecule has 3 aromatic rings. The highest BCUT2D eigenvalue weighted by Gasteiger charge is 2.35. The van der Waals surface area contributed by atoms with E-state index in [0.29, 0.717) is 43.6 Å². The zero-order valence-electron chi connectivity index (χ0n) is 21.3. The molecule has 0 N–H and O–H groups in total. The predicted molar refractivity (Wildman–Crippen MR) is 140 cm³/mol. The molecule has 1 aliphatic heterocycles. The number of esters is 1. The Morgan fingerprint density at radius 2 is 1.86 bits per heavy atom. The Hall–Kier alpha value is -3.65. The fourth-order valence-corrected chi connectivity index (χ4v) is 5.31. The molecule has 7 nitrogen and oxygen atoms in total. The van der Waals surface area contributed by atoms with Crippen LogP contribution in [0.15, 0.2) is 63.5 Å². The zero-order chi connectivity index (χ0) is 26.0. The van der Waals surface area contributed by atoms with Gasteiger partial charge < -0.3 is 14.2 Å². The summed E-state index contributed by atoms with van der Waals surface area (Å²) >= 11 is 1.29. The summed E-state index contributed by atoms with van der Waals surface area (Å²) in [6.45, 7) is 8.00. The fraction of sp³-hybridized carbons (Fsp3) is 0.321. The van der Waals surface area contributed by atoms with Gasteiger partial charge in [-0.1, -0.05) is 49.4 Å². The number of nitrogens with zero attached hydrogens (tertiary/aromatic N) is 2. The van der Waals surface area contributed by atoms with Crippen LogP contribution in [-0.2, 0) is 9.53 Å². The Balaban J connectivity index is 1.94. The van der Waals surface area contributed by atoms with Crippen molar-refractivity contribution in [3.63, 3.8) is 0 Å². The van der Waals surface area contributed by atoms with E-state index < -0.39 is 12.0 Å². The summed E-state index contributed by atoms with van der Waals surface area (Å²) in [6.07, 6.45) is 1.86. The summed E-state index contributed by atoms with van der Waals surface area (Å²) < 4.78 is 18.4. The van der Waals surface area contributed by atoms with Crippen molar-refractivity contribution in [1.29, 1.82) is 0 Å². The molecule has 1 atom stereocenters. The van der Waals surface area contributed by atoms with Crippen molar-refractivity contribution in [3.05, 3.63) is 90.1 Å². The molecular weight excluding hydrogens is 476 g/mol. The average Bonchev–Trinajstić information content (AvgIpc) is 3.17. The number of ether oxygens (including phenoxy) is 3. The van der Waals surface area contributed by atoms with Crippen LogP contribution in [0, 0.1) is 0 Å². The van der Waals surface area contributed by atoms with Crippen LogP contribution in [0.25, 0.3) is 6.08 Å². The van der Waals surface area contributed by atoms with Gasteiger partial charge in [0.1, 0.15) is 17.5 Å². The van der Waals surface area contributed by atoms with Crippen LogP contribution in [0.3, 0.4) is 0 Å². The van der Waals surface area contributed by atoms with Gasteiger partial charge in [0.25, 0.3) is 5.56 Å². The molecule has 0 aliphatic carbocycles. The third kappa shape index (κ3) is 4.73. The van der Waals surface area contributed by atoms with Gasteiger partial charge in [-0.2, -0.15) is 0 Å². The van der Waals surface area contributed by atoms with Gasteiger partial charge >= 0.3 is 5.97 Å². The maximum Gasteiger partial charge on any atom is 0.338 e. The second-order valence-corrected chi connectivity index (χ2v) is 9.74. The lowest BCUT2D eigenvalue weighted by atomic mass is 9.95. The summed E-state index contributed by atoms with van der Waals surface area (Å²) in [6, 6.07) is 12.7. The largest absolute Gasteiger partial charge is 0.497 e. The minimum Gasteiger partial charge on any atom is -0.497 e. The number of fused-ring (bicyclic) bond motifs is 1. The van der Waals surface area contributed by atoms with Crippen molar-refractivity contribution < 1.29 is 19.0 Å². The first-order chi connectivity index (χ1) is 17.3. The predicted octanol–water partition coefficient (Wildman–Crippen LogP) is 3.94. The second-order valence-electron chi connectivity index (χ2n) is 8.73. The van der Waals surface area contributed by atoms with E-state index in [4.69, 9.17) is 14.2 Å². The number of rotatable bonds is 7. The van der Waals surface area contributed by atoms with Crippen molar-refractivity contribution >= 4 is 23.4 Å². The van der Waals surface area contributed by atoms with E-state index in [9.17, 15) is 9.59 Å². The van der Waals surface area contributed by atoms with Crippen LogP contribution in [0.4, 0.5) is 0 Å². The lowest BCUT2D eigenvalue weighted by molar-refractivity contribution is -0.139. The number of hydrogen-bond donors (Lipinski definition) is 0. The van der Waals surface area contributed by atoms with E-state index in [1.807, 2.05) is 24.3 Å². The van der Waals surface area contributed by atoms with Gasteiger partial charge in [-0.15, -0.1) is 0 Å². The van der Waals surface area contributed by atoms with Crippen LogP contribution in [-0.4, -0.2) is 31.4 Å². The van der Waals surface area contributed by atoms with E-state index in [1.165, 1.54) is 16.9 Å². The number of carbonyl (C=O) groups is 1. The maximum atomic E-state index is 13.8. The van der Waals surface area contributed by atoms with E-state index in [2.05, 4.69) is 31.0 Å². The van der Waals surface area contributed by atoms with Crippen LogP contribution in [0.1, 0.15) is 56.3 Å². The number of carbonyl (C=O) groups excluding carboxylic acids is 1. The van der Waals surface area contributed by atoms with Crippen molar-refractivity contribution in [1.82, 2.24) is 4.57 Å². The molecule has 0 amide bonds. The normalized spacial score (nSPS) is 15.5. The molecule has 2 aromatic carbocycles. The maximum absolute atomic E-state index is 13.8. The van der Waals surface area contributed by atoms with Gasteiger partial charge in [0.2, 0.25) is 0 Å². The van der Waals surface area contributed by atoms with Crippen molar-refractivity contribution in [2.45, 2.75) is 39.7 Å². The summed E-state index contributed by atoms with van der Waals surface area (Å²) in [5.74, 6) is 1.01. The zero-order valence-corrected chi connectivity index (χ0v) is 22.1. The Kier molecular flexibility index (Phi) is 7.45. The smallest absolute Gasteiger partial charge is 0.338 e. The highest BCUT2D eigenvalue weighted by Crippen LogP contribution is 2.37. The molecule has 0 bridgehead atoms. The minimum atomic E-state index is -0.758. The number of benzene rings is 2. The molecule has 188 valence electrons. The number of thiazole rings is 1. The van der Waals surface area contributed by atoms with Gasteiger partial charge in [-0.3, -0.25) is 9.36 Å². The first kappa shape index (κ1) is 25.4. The molecule has 0 fully saturated rings. The number of aromatic nitrogens is 1. The second kappa shape index (κ2) is 10.5. The van der Waals surface area contributed by atoms with Crippen molar-refractivity contribution in [3.8, 4) is 11.5 Å². The van der Waals surface area contributed by atoms with E-state index in [1.54, 1.807) is 44.8 Å². The van der Waals surface area contributed by atoms with Crippen molar-refractivity contribution in [2.75, 3.05) is 20.8 Å². The molecule has 36 heavy (non-hydrogen) atoms. The summed E-state index contributed by atoms with van der Waals surface area (Å²) in [5.41, 5.74) is 3.37. The monoisotopic (exact) mass is 506 g/mol. The van der Waals surface area contributed by atoms with Gasteiger partial charge in [0.15, 0.2) is 4.80 Å². The van der Waals surface area contributed by atoms with Crippen LogP contribution >= 0.6 is 11.3 Å². The molecule has 2 heterocycles. The van der Waals surface area contributed by atoms with E-state index in [0.717, 1.165) is 5.56 Å². The third-order valence-corrected chi connectivity index (χ3v) is 7.14. The molecule has 4 rings (SSSR count). The van der Waals surface area contributed by atoms with Crippen LogP contribution < -0.4 is 24.4 Å². The van der Waals surface area contributed by atoms with E-state index in [-0.39, 0.29) is 12.2 Å². The first-order valence-electron chi connectivity index (χ1n) is 11.8. The molecule has 8 heteroatoms. The third-order valence-electron chi connectivity index (χ3n) is 6.15. The summed E-state index contributed by atoms with van der Waals surface area (Å²) in [5, 5.41) is 0. The van der Waals surface area contributed by atoms with Crippen LogP contribution in [0.5, 0.6) is 11.5 Å². The number of hydrogen-bond acceptors (Lipinski definition) is 7. The number of allylic oxidation sites excluding steroid dienone is 1. The molecule has 0 unspecified atom stereocenters. The first-order valence-corrected chi connectivity index (χ1v) is 12.6. The van der Waals surface area contributed by atoms with Crippen LogP contribution in [0.2, 0.25) is 0 Å². The molecular formula is C28H30N2O5S. The SMILES string of the molecule is CCOC(=O)C1=C(C)N=c2s/c(=C\c3ccc(C(C)C)cc3)c(=O)n2[C@@H]1c1ccc(OC)cc1OC. The van der Waals surface area contributed by atoms with Gasteiger partial charge in [-0.25, -0.2) is 9.79 Å². The van der Waals surface area contributed by atoms with Crippen molar-refractivity contribution in [2.24, 2.45) is 4.99 Å². The molecule has 0 saturated carbocycles. The summed E-state index contributed by atoms with van der Waals surface area (Å²) in [4.78, 5) is 32.0. The lowest BCUT2D eigenvalue weighted by Gasteiger charge is -2.26.